The predicted octanol–water partition coefficient (Wildman–Crippen LogP) is 3.57. The van der Waals surface area contributed by atoms with Crippen molar-refractivity contribution in [2.75, 3.05) is 0 Å². The van der Waals surface area contributed by atoms with Gasteiger partial charge in [-0.3, -0.25) is 14.0 Å². The lowest BCUT2D eigenvalue weighted by Gasteiger charge is -2.13. The summed E-state index contributed by atoms with van der Waals surface area (Å²) < 4.78 is 68.7. The van der Waals surface area contributed by atoms with E-state index < -0.39 is 29.1 Å². The van der Waals surface area contributed by atoms with E-state index in [0.29, 0.717) is 6.07 Å². The van der Waals surface area contributed by atoms with Gasteiger partial charge in [-0.15, -0.1) is 0 Å². The number of rotatable bonds is 1. The van der Waals surface area contributed by atoms with Gasteiger partial charge in [0.05, 0.1) is 5.69 Å². The monoisotopic (exact) mass is 380 g/mol. The molecule has 0 atom stereocenters. The van der Waals surface area contributed by atoms with Crippen LogP contribution in [-0.4, -0.2) is 19.3 Å². The first kappa shape index (κ1) is 17.1. The van der Waals surface area contributed by atoms with Gasteiger partial charge in [0.1, 0.15) is 23.0 Å². The number of halogens is 5. The minimum atomic E-state index is -4.76. The molecule has 0 aliphatic rings. The molecule has 0 amide bonds. The van der Waals surface area contributed by atoms with Crippen LogP contribution in [0.2, 0.25) is 0 Å². The molecule has 4 aromatic rings. The van der Waals surface area contributed by atoms with Gasteiger partial charge >= 0.3 is 6.18 Å². The average Bonchev–Trinajstić information content (AvgIpc) is 2.95. The molecule has 27 heavy (non-hydrogen) atoms. The standard InChI is InChI=1S/C17H9F5N4O/c1-25-7-12-11-2-3-13(17(20,21)22)23-15(11)26(16(27)14(12)24-25)10-5-8(18)4-9(19)6-10/h2-7H,1H3. The van der Waals surface area contributed by atoms with Crippen LogP contribution in [0.5, 0.6) is 0 Å². The van der Waals surface area contributed by atoms with E-state index in [-0.39, 0.29) is 27.6 Å². The summed E-state index contributed by atoms with van der Waals surface area (Å²) in [4.78, 5) is 16.4. The summed E-state index contributed by atoms with van der Waals surface area (Å²) >= 11 is 0. The minimum Gasteiger partial charge on any atom is -0.274 e. The average molecular weight is 380 g/mol. The van der Waals surface area contributed by atoms with E-state index in [1.54, 1.807) is 0 Å². The third-order valence-corrected chi connectivity index (χ3v) is 4.01. The number of hydrogen-bond donors (Lipinski definition) is 0. The Kier molecular flexibility index (Phi) is 3.55. The van der Waals surface area contributed by atoms with E-state index in [9.17, 15) is 26.7 Å². The summed E-state index contributed by atoms with van der Waals surface area (Å²) in [6, 6.07) is 4.18. The first-order valence-corrected chi connectivity index (χ1v) is 7.58. The fraction of sp³-hybridized carbons (Fsp3) is 0.118. The first-order valence-electron chi connectivity index (χ1n) is 7.58. The largest absolute Gasteiger partial charge is 0.433 e. The summed E-state index contributed by atoms with van der Waals surface area (Å²) in [5, 5.41) is 4.49. The second-order valence-electron chi connectivity index (χ2n) is 5.90. The maximum atomic E-state index is 13.7. The zero-order valence-corrected chi connectivity index (χ0v) is 13.6. The van der Waals surface area contributed by atoms with Gasteiger partial charge in [0.25, 0.3) is 5.56 Å². The lowest BCUT2D eigenvalue weighted by atomic mass is 10.1. The van der Waals surface area contributed by atoms with Crippen LogP contribution in [0.1, 0.15) is 5.69 Å². The highest BCUT2D eigenvalue weighted by atomic mass is 19.4. The van der Waals surface area contributed by atoms with Crippen molar-refractivity contribution in [3.8, 4) is 5.69 Å². The molecule has 3 aromatic heterocycles. The highest BCUT2D eigenvalue weighted by Gasteiger charge is 2.33. The molecule has 0 radical (unpaired) electrons. The molecule has 3 heterocycles. The van der Waals surface area contributed by atoms with E-state index in [4.69, 9.17) is 0 Å². The number of nitrogens with zero attached hydrogens (tertiary/aromatic N) is 4. The van der Waals surface area contributed by atoms with Crippen LogP contribution < -0.4 is 5.56 Å². The van der Waals surface area contributed by atoms with E-state index >= 15 is 0 Å². The Balaban J connectivity index is 2.22. The molecule has 10 heteroatoms. The smallest absolute Gasteiger partial charge is 0.274 e. The third kappa shape index (κ3) is 2.73. The summed E-state index contributed by atoms with van der Waals surface area (Å²) in [6.45, 7) is 0. The highest BCUT2D eigenvalue weighted by molar-refractivity contribution is 6.03. The van der Waals surface area contributed by atoms with Gasteiger partial charge in [-0.25, -0.2) is 13.8 Å². The molecule has 0 saturated carbocycles. The molecular weight excluding hydrogens is 371 g/mol. The van der Waals surface area contributed by atoms with Crippen molar-refractivity contribution < 1.29 is 22.0 Å². The van der Waals surface area contributed by atoms with Crippen molar-refractivity contribution in [2.24, 2.45) is 7.05 Å². The molecule has 138 valence electrons. The second kappa shape index (κ2) is 5.60. The molecule has 0 bridgehead atoms. The molecular formula is C17H9F5N4O. The lowest BCUT2D eigenvalue weighted by molar-refractivity contribution is -0.141. The number of alkyl halides is 3. The molecule has 0 spiro atoms. The van der Waals surface area contributed by atoms with Gasteiger partial charge in [0.2, 0.25) is 0 Å². The fourth-order valence-electron chi connectivity index (χ4n) is 2.94. The summed E-state index contributed by atoms with van der Waals surface area (Å²) in [6.07, 6.45) is -3.29. The van der Waals surface area contributed by atoms with Crippen molar-refractivity contribution in [1.82, 2.24) is 19.3 Å². The Bertz CT molecular complexity index is 1250. The van der Waals surface area contributed by atoms with Crippen LogP contribution in [0.3, 0.4) is 0 Å². The fourth-order valence-corrected chi connectivity index (χ4v) is 2.94. The van der Waals surface area contributed by atoms with E-state index in [1.807, 2.05) is 0 Å². The maximum Gasteiger partial charge on any atom is 0.433 e. The molecule has 0 aliphatic heterocycles. The molecule has 5 nitrogen and oxygen atoms in total. The number of benzene rings is 1. The number of fused-ring (bicyclic) bond motifs is 3. The zero-order chi connectivity index (χ0) is 19.5. The van der Waals surface area contributed by atoms with Crippen molar-refractivity contribution in [1.29, 1.82) is 0 Å². The molecule has 1 aromatic carbocycles. The topological polar surface area (TPSA) is 52.7 Å². The molecule has 0 unspecified atom stereocenters. The van der Waals surface area contributed by atoms with Crippen LogP contribution in [0, 0.1) is 11.6 Å². The van der Waals surface area contributed by atoms with Gasteiger partial charge in [-0.05, 0) is 24.3 Å². The summed E-state index contributed by atoms with van der Waals surface area (Å²) in [5.74, 6) is -1.98. The number of aromatic nitrogens is 4. The van der Waals surface area contributed by atoms with Crippen molar-refractivity contribution in [2.45, 2.75) is 6.18 Å². The Morgan fingerprint density at radius 3 is 2.30 bits per heavy atom. The van der Waals surface area contributed by atoms with E-state index in [0.717, 1.165) is 28.8 Å². The second-order valence-corrected chi connectivity index (χ2v) is 5.90. The molecule has 4 rings (SSSR count). The van der Waals surface area contributed by atoms with Crippen molar-refractivity contribution >= 4 is 21.9 Å². The zero-order valence-electron chi connectivity index (χ0n) is 13.6. The minimum absolute atomic E-state index is 0.0590. The van der Waals surface area contributed by atoms with Crippen molar-refractivity contribution in [3.05, 3.63) is 64.2 Å². The number of aryl methyl sites for hydroxylation is 1. The molecule has 0 aliphatic carbocycles. The summed E-state index contributed by atoms with van der Waals surface area (Å²) in [7, 11) is 1.54. The number of pyridine rings is 2. The predicted molar refractivity (Wildman–Crippen MR) is 86.5 cm³/mol. The van der Waals surface area contributed by atoms with E-state index in [2.05, 4.69) is 10.1 Å². The maximum absolute atomic E-state index is 13.7. The highest BCUT2D eigenvalue weighted by Crippen LogP contribution is 2.31. The molecule has 0 N–H and O–H groups in total. The van der Waals surface area contributed by atoms with Crippen LogP contribution in [0.4, 0.5) is 22.0 Å². The van der Waals surface area contributed by atoms with Gasteiger partial charge < -0.3 is 0 Å². The van der Waals surface area contributed by atoms with Crippen LogP contribution in [-0.2, 0) is 13.2 Å². The third-order valence-electron chi connectivity index (χ3n) is 4.01. The van der Waals surface area contributed by atoms with Gasteiger partial charge in [-0.1, -0.05) is 0 Å². The normalized spacial score (nSPS) is 12.2. The van der Waals surface area contributed by atoms with Crippen molar-refractivity contribution in [3.63, 3.8) is 0 Å². The van der Waals surface area contributed by atoms with Crippen LogP contribution in [0.25, 0.3) is 27.6 Å². The quantitative estimate of drug-likeness (QED) is 0.475. The Morgan fingerprint density at radius 2 is 1.67 bits per heavy atom. The Labute approximate surface area is 147 Å². The lowest BCUT2D eigenvalue weighted by Crippen LogP contribution is -2.21. The Morgan fingerprint density at radius 1 is 1.00 bits per heavy atom. The SMILES string of the molecule is Cn1cc2c(n1)c(=O)n(-c1cc(F)cc(F)c1)c1nc(C(F)(F)F)ccc21. The van der Waals surface area contributed by atoms with E-state index in [1.165, 1.54) is 17.9 Å². The van der Waals surface area contributed by atoms with Crippen LogP contribution in [0.15, 0.2) is 41.3 Å². The summed E-state index contributed by atoms with van der Waals surface area (Å²) in [5.41, 5.74) is -2.79. The number of hydrogen-bond acceptors (Lipinski definition) is 3. The Hall–Kier alpha value is -3.30. The first-order chi connectivity index (χ1) is 12.6. The molecule has 0 fully saturated rings. The molecule has 0 saturated heterocycles. The van der Waals surface area contributed by atoms with Gasteiger partial charge in [-0.2, -0.15) is 18.3 Å². The van der Waals surface area contributed by atoms with Gasteiger partial charge in [0.15, 0.2) is 5.52 Å². The van der Waals surface area contributed by atoms with Gasteiger partial charge in [0, 0.05) is 30.1 Å². The van der Waals surface area contributed by atoms with Crippen LogP contribution >= 0.6 is 0 Å².